The van der Waals surface area contributed by atoms with Crippen LogP contribution in [0.2, 0.25) is 5.54 Å². The van der Waals surface area contributed by atoms with Crippen LogP contribution in [0.15, 0.2) is 0 Å². The zero-order valence-electron chi connectivity index (χ0n) is 4.56. The summed E-state index contributed by atoms with van der Waals surface area (Å²) in [6.45, 7) is 3.39. The molecule has 0 spiro atoms. The Morgan fingerprint density at radius 2 is 2.29 bits per heavy atom. The first-order chi connectivity index (χ1) is 3.18. The van der Waals surface area contributed by atoms with Gasteiger partial charge in [0.15, 0.2) is 0 Å². The normalized spacial score (nSPS) is 12.1. The van der Waals surface area contributed by atoms with Crippen LogP contribution in [-0.2, 0) is 4.79 Å². The van der Waals surface area contributed by atoms with Crippen molar-refractivity contribution in [1.82, 2.24) is 0 Å². The van der Waals surface area contributed by atoms with E-state index in [0.29, 0.717) is 0 Å². The van der Waals surface area contributed by atoms with Crippen molar-refractivity contribution in [1.29, 1.82) is 0 Å². The third kappa shape index (κ3) is 2.37. The fraction of sp³-hybridized carbons (Fsp3) is 0.600. The Morgan fingerprint density at radius 1 is 1.86 bits per heavy atom. The molecule has 0 aliphatic rings. The summed E-state index contributed by atoms with van der Waals surface area (Å²) in [5.41, 5.74) is 0.0694. The minimum atomic E-state index is 0.0694. The van der Waals surface area contributed by atoms with Crippen LogP contribution < -0.4 is 0 Å². The summed E-state index contributed by atoms with van der Waals surface area (Å²) < 4.78 is 0. The maximum atomic E-state index is 10.3. The van der Waals surface area contributed by atoms with E-state index < -0.39 is 0 Å². The fourth-order valence-electron chi connectivity index (χ4n) is 0.117. The molecule has 0 fully saturated rings. The molecular formula is C5H8OSi. The van der Waals surface area contributed by atoms with Gasteiger partial charge in [-0.15, -0.1) is 0 Å². The number of Topliss-reactive ketones (excluding diaryl/α,β-unsaturated/α-hetero) is 1. The predicted octanol–water partition coefficient (Wildman–Crippen LogP) is 0.677. The molecule has 0 heterocycles. The van der Waals surface area contributed by atoms with E-state index in [4.69, 9.17) is 6.00 Å². The van der Waals surface area contributed by atoms with Gasteiger partial charge >= 0.3 is 0 Å². The monoisotopic (exact) mass is 112 g/mol. The summed E-state index contributed by atoms with van der Waals surface area (Å²) in [6, 6.07) is 5.18. The Labute approximate surface area is 45.8 Å². The predicted molar refractivity (Wildman–Crippen MR) is 30.8 cm³/mol. The maximum absolute atomic E-state index is 10.3. The topological polar surface area (TPSA) is 17.1 Å². The lowest BCUT2D eigenvalue weighted by Crippen LogP contribution is -1.98. The molecule has 1 atom stereocenters. The molecule has 0 saturated heterocycles. The van der Waals surface area contributed by atoms with E-state index in [2.05, 4.69) is 0 Å². The molecule has 0 aliphatic carbocycles. The van der Waals surface area contributed by atoms with E-state index in [-0.39, 0.29) is 20.3 Å². The maximum Gasteiger partial charge on any atom is 0.138 e. The summed E-state index contributed by atoms with van der Waals surface area (Å²) in [5.74, 6) is 0.181. The Morgan fingerprint density at radius 3 is 2.29 bits per heavy atom. The van der Waals surface area contributed by atoms with Gasteiger partial charge in [0, 0.05) is 0 Å². The van der Waals surface area contributed by atoms with Gasteiger partial charge in [-0.25, -0.2) is 0 Å². The van der Waals surface area contributed by atoms with Crippen LogP contribution in [0.1, 0.15) is 13.8 Å². The number of carbonyl (C=O) groups excluding carboxylic acids is 1. The minimum Gasteiger partial charge on any atom is -0.299 e. The SMILES string of the molecule is C#[Si]C(C)C(C)=O. The molecule has 38 valence electrons. The molecule has 0 saturated carbocycles. The van der Waals surface area contributed by atoms with Crippen molar-refractivity contribution in [3.8, 4) is 6.00 Å². The lowest BCUT2D eigenvalue weighted by molar-refractivity contribution is -0.116. The molecule has 1 nitrogen and oxygen atoms in total. The summed E-state index contributed by atoms with van der Waals surface area (Å²) in [6.07, 6.45) is 0. The van der Waals surface area contributed by atoms with Crippen molar-refractivity contribution in [2.75, 3.05) is 0 Å². The number of hydrogen-bond acceptors (Lipinski definition) is 1. The van der Waals surface area contributed by atoms with Crippen LogP contribution in [0.3, 0.4) is 0 Å². The number of hydrogen-bond donors (Lipinski definition) is 0. The molecule has 0 N–H and O–H groups in total. The second-order valence-corrected chi connectivity index (χ2v) is 2.70. The Bertz CT molecular complexity index is 112. The number of carbonyl (C=O) groups is 1. The van der Waals surface area contributed by atoms with Gasteiger partial charge in [0.25, 0.3) is 0 Å². The fourth-order valence-corrected chi connectivity index (χ4v) is 0.352. The third-order valence-electron chi connectivity index (χ3n) is 0.860. The molecule has 1 unspecified atom stereocenters. The van der Waals surface area contributed by atoms with E-state index >= 15 is 0 Å². The van der Waals surface area contributed by atoms with Gasteiger partial charge in [-0.1, -0.05) is 0 Å². The van der Waals surface area contributed by atoms with E-state index in [1.54, 1.807) is 6.92 Å². The molecular weight excluding hydrogens is 104 g/mol. The van der Waals surface area contributed by atoms with Crippen LogP contribution in [-0.4, -0.2) is 14.7 Å². The highest BCUT2D eigenvalue weighted by molar-refractivity contribution is 6.32. The van der Waals surface area contributed by atoms with E-state index in [0.717, 1.165) is 0 Å². The number of rotatable bonds is 1. The molecule has 0 aliphatic heterocycles. The van der Waals surface area contributed by atoms with Gasteiger partial charge in [-0.05, 0) is 22.8 Å². The molecule has 2 heteroatoms. The highest BCUT2D eigenvalue weighted by Crippen LogP contribution is 1.94. The average molecular weight is 112 g/mol. The molecule has 0 radical (unpaired) electrons. The highest BCUT2D eigenvalue weighted by Gasteiger charge is 1.98. The van der Waals surface area contributed by atoms with Crippen LogP contribution in [0.4, 0.5) is 0 Å². The molecule has 0 aromatic rings. The van der Waals surface area contributed by atoms with Crippen LogP contribution in [0.25, 0.3) is 0 Å². The molecule has 0 rings (SSSR count). The van der Waals surface area contributed by atoms with Crippen molar-refractivity contribution in [2.45, 2.75) is 19.4 Å². The molecule has 0 aromatic heterocycles. The van der Waals surface area contributed by atoms with Crippen LogP contribution in [0, 0.1) is 6.00 Å². The van der Waals surface area contributed by atoms with Crippen molar-refractivity contribution < 1.29 is 4.79 Å². The summed E-state index contributed by atoms with van der Waals surface area (Å²) in [4.78, 5) is 10.3. The Balaban J connectivity index is 3.63. The molecule has 0 bridgehead atoms. The van der Waals surface area contributed by atoms with Gasteiger partial charge in [0.2, 0.25) is 0 Å². The quantitative estimate of drug-likeness (QED) is 0.456. The smallest absolute Gasteiger partial charge is 0.138 e. The van der Waals surface area contributed by atoms with Gasteiger partial charge in [-0.2, -0.15) is 6.00 Å². The van der Waals surface area contributed by atoms with Gasteiger partial charge in [0.1, 0.15) is 5.78 Å². The Hall–Kier alpha value is -0.333. The molecule has 7 heavy (non-hydrogen) atoms. The summed E-state index contributed by atoms with van der Waals surface area (Å²) >= 11 is 0. The highest BCUT2D eigenvalue weighted by atomic mass is 28.2. The van der Waals surface area contributed by atoms with Crippen molar-refractivity contribution in [2.24, 2.45) is 0 Å². The summed E-state index contributed by atoms with van der Waals surface area (Å²) in [5, 5.41) is 0. The zero-order chi connectivity index (χ0) is 5.86. The van der Waals surface area contributed by atoms with Crippen LogP contribution >= 0.6 is 0 Å². The van der Waals surface area contributed by atoms with E-state index in [1.165, 1.54) is 0 Å². The Kier molecular flexibility index (Phi) is 2.64. The van der Waals surface area contributed by atoms with Crippen molar-refractivity contribution in [3.63, 3.8) is 0 Å². The second-order valence-electron chi connectivity index (χ2n) is 1.50. The average Bonchev–Trinajstić information content (AvgIpc) is 1.65. The van der Waals surface area contributed by atoms with E-state index in [1.807, 2.05) is 6.92 Å². The first-order valence-electron chi connectivity index (χ1n) is 2.15. The minimum absolute atomic E-state index is 0.0694. The summed E-state index contributed by atoms with van der Waals surface area (Å²) in [7, 11) is 0.262. The zero-order valence-corrected chi connectivity index (χ0v) is 5.56. The van der Waals surface area contributed by atoms with E-state index in [9.17, 15) is 4.79 Å². The first-order valence-corrected chi connectivity index (χ1v) is 3.30. The van der Waals surface area contributed by atoms with Gasteiger partial charge in [0.05, 0.1) is 5.54 Å². The molecule has 0 amide bonds. The lowest BCUT2D eigenvalue weighted by atomic mass is 10.3. The molecule has 0 aromatic carbocycles. The second kappa shape index (κ2) is 2.78. The standard InChI is InChI=1S/C5H8OSi/c1-4(6)5(2)7-3/h3,5H,1-2H3. The first kappa shape index (κ1) is 6.67. The third-order valence-corrected chi connectivity index (χ3v) is 1.77. The van der Waals surface area contributed by atoms with Gasteiger partial charge in [-0.3, -0.25) is 4.79 Å². The largest absolute Gasteiger partial charge is 0.299 e. The van der Waals surface area contributed by atoms with Crippen LogP contribution in [0.5, 0.6) is 0 Å². The van der Waals surface area contributed by atoms with Crippen molar-refractivity contribution >= 4 is 14.7 Å². The lowest BCUT2D eigenvalue weighted by Gasteiger charge is -1.90. The number of ketones is 1. The van der Waals surface area contributed by atoms with Crippen molar-refractivity contribution in [3.05, 3.63) is 0 Å². The van der Waals surface area contributed by atoms with Gasteiger partial charge < -0.3 is 0 Å².